The third kappa shape index (κ3) is 32.5. The van der Waals surface area contributed by atoms with E-state index in [1.165, 1.54) is 44.9 Å². The Morgan fingerprint density at radius 2 is 1.05 bits per heavy atom. The molecule has 0 aliphatic carbocycles. The summed E-state index contributed by atoms with van der Waals surface area (Å²) in [6.07, 6.45) is 40.6. The van der Waals surface area contributed by atoms with Crippen molar-refractivity contribution in [3.63, 3.8) is 0 Å². The van der Waals surface area contributed by atoms with Crippen LogP contribution in [0.25, 0.3) is 0 Å². The van der Waals surface area contributed by atoms with E-state index in [2.05, 4.69) is 86.8 Å². The second kappa shape index (κ2) is 38.3. The Kier molecular flexibility index (Phi) is 35.1. The molecule has 62 heavy (non-hydrogen) atoms. The van der Waals surface area contributed by atoms with Crippen molar-refractivity contribution in [3.8, 4) is 0 Å². The molecule has 6 atom stereocenters. The van der Waals surface area contributed by atoms with Crippen molar-refractivity contribution in [3.05, 3.63) is 85.1 Å². The number of carbonyl (C=O) groups is 2. The zero-order valence-corrected chi connectivity index (χ0v) is 38.5. The summed E-state index contributed by atoms with van der Waals surface area (Å²) in [5.41, 5.74) is 0. The Bertz CT molecular complexity index is 1460. The first kappa shape index (κ1) is 56.8. The Balaban J connectivity index is 2.49. The number of rotatable bonds is 37. The van der Waals surface area contributed by atoms with Crippen molar-refractivity contribution in [1.82, 2.24) is 0 Å². The van der Waals surface area contributed by atoms with Gasteiger partial charge in [-0.2, -0.15) is 8.42 Å². The fraction of sp³-hybridized carbons (Fsp3) is 0.673. The number of aliphatic hydroxyl groups is 3. The third-order valence-corrected chi connectivity index (χ3v) is 10.7. The summed E-state index contributed by atoms with van der Waals surface area (Å²) in [4.78, 5) is 25.4. The summed E-state index contributed by atoms with van der Waals surface area (Å²) in [7, 11) is -4.61. The van der Waals surface area contributed by atoms with Crippen LogP contribution in [0, 0.1) is 0 Å². The largest absolute Gasteiger partial charge is 0.462 e. The van der Waals surface area contributed by atoms with Gasteiger partial charge in [0.25, 0.3) is 10.1 Å². The number of hydrogen-bond donors (Lipinski definition) is 4. The number of hydrogen-bond acceptors (Lipinski definition) is 11. The number of unbranched alkanes of at least 4 members (excludes halogenated alkanes) is 11. The van der Waals surface area contributed by atoms with Gasteiger partial charge in [0.2, 0.25) is 0 Å². The van der Waals surface area contributed by atoms with Crippen molar-refractivity contribution in [2.75, 3.05) is 19.0 Å². The topological polar surface area (TPSA) is 186 Å². The van der Waals surface area contributed by atoms with Gasteiger partial charge in [0.05, 0.1) is 6.61 Å². The van der Waals surface area contributed by atoms with Gasteiger partial charge in [-0.05, 0) is 70.6 Å². The average molecular weight is 893 g/mol. The molecule has 0 aromatic carbocycles. The second-order valence-electron chi connectivity index (χ2n) is 15.7. The van der Waals surface area contributed by atoms with Crippen LogP contribution in [0.15, 0.2) is 85.1 Å². The lowest BCUT2D eigenvalue weighted by Crippen LogP contribution is -2.60. The Morgan fingerprint density at radius 1 is 0.565 bits per heavy atom. The first-order valence-corrected chi connectivity index (χ1v) is 24.8. The number of carbonyl (C=O) groups excluding carboxylic acids is 2. The highest BCUT2D eigenvalue weighted by Crippen LogP contribution is 2.24. The molecule has 13 heteroatoms. The lowest BCUT2D eigenvalue weighted by atomic mass is 10.00. The van der Waals surface area contributed by atoms with E-state index >= 15 is 0 Å². The van der Waals surface area contributed by atoms with Gasteiger partial charge in [-0.1, -0.05) is 157 Å². The number of esters is 2. The molecule has 12 nitrogen and oxygen atoms in total. The molecule has 0 aromatic rings. The fourth-order valence-electron chi connectivity index (χ4n) is 6.39. The maximum atomic E-state index is 12.8. The summed E-state index contributed by atoms with van der Waals surface area (Å²) in [6.45, 7) is 3.54. The zero-order valence-electron chi connectivity index (χ0n) is 37.7. The van der Waals surface area contributed by atoms with Crippen LogP contribution < -0.4 is 0 Å². The van der Waals surface area contributed by atoms with Gasteiger partial charge in [-0.15, -0.1) is 0 Å². The van der Waals surface area contributed by atoms with Gasteiger partial charge < -0.3 is 34.3 Å². The molecular weight excluding hydrogens is 813 g/mol. The van der Waals surface area contributed by atoms with Crippen LogP contribution in [0.2, 0.25) is 0 Å². The first-order chi connectivity index (χ1) is 30.0. The lowest BCUT2D eigenvalue weighted by Gasteiger charge is -2.40. The maximum Gasteiger partial charge on any atom is 0.306 e. The van der Waals surface area contributed by atoms with Crippen molar-refractivity contribution in [2.24, 2.45) is 0 Å². The number of ether oxygens (including phenoxy) is 4. The first-order valence-electron chi connectivity index (χ1n) is 23.1. The standard InChI is InChI=1S/C49H80O12S/c1-3-5-7-9-11-13-15-17-19-20-21-22-24-25-27-29-31-33-35-37-44(50)58-39-42(40-59-49-48(54)47(53)46(52)43(61-49)41-62(55,56)57)60-45(51)38-36-34-32-30-28-26-23-18-16-14-12-10-8-6-4-2/h5,7,10-13,17,19,21-22,25,27,31,33,42-43,46-49,52-54H,3-4,6,8-9,14-16,18,20,23-24,26,28-30,32,34-41H2,1-2H3,(H,55,56,57)/b7-5+,12-10+,13-11+,19-17+,22-21+,27-25+,33-31+/t42-,43-,46-,47?,48?,49+/m1/s1. The molecule has 4 N–H and O–H groups in total. The normalized spacial score (nSPS) is 20.6. The molecule has 0 radical (unpaired) electrons. The van der Waals surface area contributed by atoms with Crippen LogP contribution in [0.3, 0.4) is 0 Å². The monoisotopic (exact) mass is 893 g/mol. The maximum absolute atomic E-state index is 12.8. The van der Waals surface area contributed by atoms with Crippen LogP contribution in [-0.4, -0.2) is 96.0 Å². The molecule has 1 saturated heterocycles. The molecule has 1 aliphatic heterocycles. The van der Waals surface area contributed by atoms with E-state index in [4.69, 9.17) is 18.9 Å². The highest BCUT2D eigenvalue weighted by Gasteiger charge is 2.46. The van der Waals surface area contributed by atoms with E-state index in [9.17, 15) is 37.9 Å². The van der Waals surface area contributed by atoms with Gasteiger partial charge >= 0.3 is 11.9 Å². The zero-order chi connectivity index (χ0) is 45.5. The molecule has 1 fully saturated rings. The highest BCUT2D eigenvalue weighted by molar-refractivity contribution is 7.85. The predicted molar refractivity (Wildman–Crippen MR) is 247 cm³/mol. The number of allylic oxidation sites excluding steroid dienone is 14. The second-order valence-corrected chi connectivity index (χ2v) is 17.2. The molecule has 0 bridgehead atoms. The van der Waals surface area contributed by atoms with Crippen LogP contribution in [0.1, 0.15) is 155 Å². The molecule has 0 saturated carbocycles. The van der Waals surface area contributed by atoms with Gasteiger partial charge in [0.15, 0.2) is 12.4 Å². The summed E-state index contributed by atoms with van der Waals surface area (Å²) in [5.74, 6) is -2.10. The van der Waals surface area contributed by atoms with Crippen LogP contribution >= 0.6 is 0 Å². The van der Waals surface area contributed by atoms with E-state index in [0.29, 0.717) is 12.8 Å². The summed E-state index contributed by atoms with van der Waals surface area (Å²) in [5, 5.41) is 30.9. The molecule has 1 rings (SSSR count). The molecule has 1 heterocycles. The van der Waals surface area contributed by atoms with E-state index in [-0.39, 0.29) is 19.4 Å². The Morgan fingerprint density at radius 3 is 1.58 bits per heavy atom. The predicted octanol–water partition coefficient (Wildman–Crippen LogP) is 9.67. The van der Waals surface area contributed by atoms with Crippen molar-refractivity contribution < 1.29 is 56.8 Å². The van der Waals surface area contributed by atoms with Crippen molar-refractivity contribution in [1.29, 1.82) is 0 Å². The lowest BCUT2D eigenvalue weighted by molar-refractivity contribution is -0.297. The average Bonchev–Trinajstić information content (AvgIpc) is 3.24. The Labute approximate surface area is 373 Å². The van der Waals surface area contributed by atoms with Gasteiger partial charge in [0.1, 0.15) is 36.8 Å². The Hall–Kier alpha value is -3.17. The van der Waals surface area contributed by atoms with E-state index in [0.717, 1.165) is 70.6 Å². The molecule has 0 spiro atoms. The minimum Gasteiger partial charge on any atom is -0.462 e. The summed E-state index contributed by atoms with van der Waals surface area (Å²) in [6, 6.07) is 0. The molecule has 2 unspecified atom stereocenters. The minimum absolute atomic E-state index is 0.0893. The summed E-state index contributed by atoms with van der Waals surface area (Å²) >= 11 is 0. The third-order valence-electron chi connectivity index (χ3n) is 9.97. The molecule has 0 amide bonds. The van der Waals surface area contributed by atoms with E-state index < -0.39 is 71.2 Å². The van der Waals surface area contributed by atoms with Gasteiger partial charge in [-0.25, -0.2) is 0 Å². The molecular formula is C49H80O12S. The van der Waals surface area contributed by atoms with Crippen molar-refractivity contribution in [2.45, 2.75) is 192 Å². The molecule has 0 aromatic heterocycles. The minimum atomic E-state index is -4.61. The molecule has 354 valence electrons. The van der Waals surface area contributed by atoms with Crippen LogP contribution in [0.5, 0.6) is 0 Å². The van der Waals surface area contributed by atoms with Crippen LogP contribution in [-0.2, 0) is 38.7 Å². The smallest absolute Gasteiger partial charge is 0.306 e. The van der Waals surface area contributed by atoms with Crippen molar-refractivity contribution >= 4 is 22.1 Å². The van der Waals surface area contributed by atoms with Crippen LogP contribution in [0.4, 0.5) is 0 Å². The highest BCUT2D eigenvalue weighted by atomic mass is 32.2. The van der Waals surface area contributed by atoms with E-state index in [1.54, 1.807) is 0 Å². The number of aliphatic hydroxyl groups excluding tert-OH is 3. The van der Waals surface area contributed by atoms with Gasteiger partial charge in [-0.3, -0.25) is 14.1 Å². The fourth-order valence-corrected chi connectivity index (χ4v) is 7.08. The summed E-state index contributed by atoms with van der Waals surface area (Å²) < 4.78 is 54.0. The van der Waals surface area contributed by atoms with E-state index in [1.807, 2.05) is 12.2 Å². The quantitative estimate of drug-likeness (QED) is 0.0201. The molecule has 1 aliphatic rings. The van der Waals surface area contributed by atoms with Gasteiger partial charge in [0, 0.05) is 12.8 Å². The SMILES string of the molecule is CC/C=C/C/C=C/C/C=C/C/C=C/C/C=C/C/C=C/CCC(=O)OC[C@H](CO[C@H]1O[C@H](CS(=O)(=O)O)[C@@H](O)C(O)C1O)OC(=O)CCCCCCCCCCC/C=C/CCCC.